The van der Waals surface area contributed by atoms with Crippen molar-refractivity contribution in [3.63, 3.8) is 0 Å². The zero-order valence-corrected chi connectivity index (χ0v) is 19.4. The van der Waals surface area contributed by atoms with Gasteiger partial charge in [-0.05, 0) is 29.2 Å². The van der Waals surface area contributed by atoms with Gasteiger partial charge in [0.25, 0.3) is 0 Å². The van der Waals surface area contributed by atoms with E-state index in [-0.39, 0.29) is 25.5 Å². The van der Waals surface area contributed by atoms with Crippen molar-refractivity contribution in [2.45, 2.75) is 37.5 Å². The molecule has 3 unspecified atom stereocenters. The van der Waals surface area contributed by atoms with Crippen LogP contribution in [0.3, 0.4) is 0 Å². The van der Waals surface area contributed by atoms with Gasteiger partial charge in [0.15, 0.2) is 6.10 Å². The first-order valence-corrected chi connectivity index (χ1v) is 11.0. The molecule has 34 heavy (non-hydrogen) atoms. The molecule has 0 spiro atoms. The third-order valence-corrected chi connectivity index (χ3v) is 6.01. The van der Waals surface area contributed by atoms with Crippen LogP contribution in [0.5, 0.6) is 0 Å². The van der Waals surface area contributed by atoms with Crippen LogP contribution in [0.4, 0.5) is 4.79 Å². The summed E-state index contributed by atoms with van der Waals surface area (Å²) in [7, 11) is 2.71. The fourth-order valence-corrected chi connectivity index (χ4v) is 4.08. The Labute approximate surface area is 198 Å². The van der Waals surface area contributed by atoms with E-state index < -0.39 is 36.2 Å². The highest BCUT2D eigenvalue weighted by molar-refractivity contribution is 5.86. The summed E-state index contributed by atoms with van der Waals surface area (Å²) in [5, 5.41) is 14.2. The van der Waals surface area contributed by atoms with E-state index in [9.17, 15) is 14.4 Å². The summed E-state index contributed by atoms with van der Waals surface area (Å²) < 4.78 is 15.6. The number of ether oxygens (including phenoxy) is 3. The molecule has 1 aliphatic rings. The van der Waals surface area contributed by atoms with E-state index in [0.29, 0.717) is 0 Å². The zero-order valence-electron chi connectivity index (χ0n) is 19.4. The van der Waals surface area contributed by atoms with Crippen LogP contribution in [-0.2, 0) is 23.8 Å². The van der Waals surface area contributed by atoms with Gasteiger partial charge < -0.3 is 30.0 Å². The molecule has 3 N–H and O–H groups in total. The average Bonchev–Trinajstić information content (AvgIpc) is 3.16. The van der Waals surface area contributed by atoms with Crippen molar-refractivity contribution >= 4 is 18.0 Å². The largest absolute Gasteiger partial charge is 0.479 e. The van der Waals surface area contributed by atoms with E-state index >= 15 is 0 Å². The molecule has 0 saturated heterocycles. The van der Waals surface area contributed by atoms with Crippen LogP contribution in [0.1, 0.15) is 30.4 Å². The van der Waals surface area contributed by atoms with Gasteiger partial charge in [0.1, 0.15) is 12.6 Å². The van der Waals surface area contributed by atoms with Crippen molar-refractivity contribution < 1.29 is 33.7 Å². The summed E-state index contributed by atoms with van der Waals surface area (Å²) in [6, 6.07) is 15.0. The number of alkyl carbamates (subject to hydrolysis) is 1. The number of hydrogen-bond donors (Lipinski definition) is 3. The van der Waals surface area contributed by atoms with E-state index in [1.54, 1.807) is 6.92 Å². The van der Waals surface area contributed by atoms with E-state index in [1.165, 1.54) is 14.2 Å². The molecule has 1 aliphatic carbocycles. The van der Waals surface area contributed by atoms with Crippen LogP contribution < -0.4 is 10.6 Å². The summed E-state index contributed by atoms with van der Waals surface area (Å²) >= 11 is 0. The molecule has 0 aromatic heterocycles. The lowest BCUT2D eigenvalue weighted by molar-refractivity contribution is -0.149. The van der Waals surface area contributed by atoms with Crippen LogP contribution in [0.25, 0.3) is 11.1 Å². The minimum Gasteiger partial charge on any atom is -0.479 e. The maximum atomic E-state index is 12.7. The Morgan fingerprint density at radius 2 is 1.56 bits per heavy atom. The third kappa shape index (κ3) is 5.73. The molecule has 2 aromatic carbocycles. The van der Waals surface area contributed by atoms with E-state index in [0.717, 1.165) is 22.3 Å². The Bertz CT molecular complexity index is 980. The number of carbonyl (C=O) groups is 3. The molecule has 0 radical (unpaired) electrons. The van der Waals surface area contributed by atoms with Crippen molar-refractivity contribution in [1.29, 1.82) is 0 Å². The Morgan fingerprint density at radius 1 is 0.971 bits per heavy atom. The predicted octanol–water partition coefficient (Wildman–Crippen LogP) is 2.53. The number of hydrogen-bond acceptors (Lipinski definition) is 6. The molecule has 3 rings (SSSR count). The molecular weight excluding hydrogens is 440 g/mol. The maximum absolute atomic E-state index is 12.7. The van der Waals surface area contributed by atoms with Gasteiger partial charge in [-0.3, -0.25) is 4.79 Å². The van der Waals surface area contributed by atoms with Crippen LogP contribution in [-0.4, -0.2) is 68.7 Å². The molecule has 2 amide bonds. The average molecular weight is 471 g/mol. The summed E-state index contributed by atoms with van der Waals surface area (Å²) in [5.74, 6) is -1.73. The summed E-state index contributed by atoms with van der Waals surface area (Å²) in [5.41, 5.74) is 4.41. The minimum atomic E-state index is -1.12. The second kappa shape index (κ2) is 11.6. The van der Waals surface area contributed by atoms with Gasteiger partial charge in [0, 0.05) is 33.1 Å². The van der Waals surface area contributed by atoms with Gasteiger partial charge in [-0.15, -0.1) is 0 Å². The first-order chi connectivity index (χ1) is 16.4. The molecule has 0 bridgehead atoms. The molecule has 182 valence electrons. The highest BCUT2D eigenvalue weighted by Gasteiger charge is 2.31. The Hall–Kier alpha value is -3.43. The lowest BCUT2D eigenvalue weighted by atomic mass is 9.98. The molecule has 0 aliphatic heterocycles. The Kier molecular flexibility index (Phi) is 8.61. The van der Waals surface area contributed by atoms with E-state index in [2.05, 4.69) is 10.6 Å². The van der Waals surface area contributed by atoms with Crippen molar-refractivity contribution in [3.05, 3.63) is 59.7 Å². The SMILES string of the molecule is COC(CCNC(=O)C(NC(=O)OCC1c2ccccc2-c2ccccc21)C(C)OC)C(=O)O. The molecule has 0 heterocycles. The summed E-state index contributed by atoms with van der Waals surface area (Å²) in [4.78, 5) is 36.3. The lowest BCUT2D eigenvalue weighted by Crippen LogP contribution is -2.53. The molecule has 0 fully saturated rings. The number of benzene rings is 2. The zero-order chi connectivity index (χ0) is 24.7. The van der Waals surface area contributed by atoms with Gasteiger partial charge >= 0.3 is 12.1 Å². The van der Waals surface area contributed by atoms with Crippen LogP contribution >= 0.6 is 0 Å². The van der Waals surface area contributed by atoms with Gasteiger partial charge in [0.2, 0.25) is 5.91 Å². The number of carbonyl (C=O) groups excluding carboxylic acids is 2. The van der Waals surface area contributed by atoms with Crippen molar-refractivity contribution in [2.24, 2.45) is 0 Å². The quantitative estimate of drug-likeness (QED) is 0.461. The number of fused-ring (bicyclic) bond motifs is 3. The second-order valence-corrected chi connectivity index (χ2v) is 8.03. The smallest absolute Gasteiger partial charge is 0.407 e. The van der Waals surface area contributed by atoms with E-state index in [4.69, 9.17) is 19.3 Å². The number of nitrogens with one attached hydrogen (secondary N) is 2. The van der Waals surface area contributed by atoms with Gasteiger partial charge in [-0.25, -0.2) is 9.59 Å². The van der Waals surface area contributed by atoms with Crippen LogP contribution in [0, 0.1) is 0 Å². The number of carboxylic acids is 1. The highest BCUT2D eigenvalue weighted by atomic mass is 16.5. The first kappa shape index (κ1) is 25.2. The number of carboxylic acid groups (broad SMARTS) is 1. The van der Waals surface area contributed by atoms with Gasteiger partial charge in [0.05, 0.1) is 6.10 Å². The molecule has 0 saturated carbocycles. The standard InChI is InChI=1S/C25H30N2O7/c1-15(32-2)22(23(28)26-13-12-21(33-3)24(29)30)27-25(31)34-14-20-18-10-6-4-8-16(18)17-9-5-7-11-19(17)20/h4-11,15,20-22H,12-14H2,1-3H3,(H,26,28)(H,27,31)(H,29,30). The van der Waals surface area contributed by atoms with Crippen molar-refractivity contribution in [2.75, 3.05) is 27.4 Å². The second-order valence-electron chi connectivity index (χ2n) is 8.03. The third-order valence-electron chi connectivity index (χ3n) is 6.01. The molecule has 2 aromatic rings. The number of aliphatic carboxylic acids is 1. The fraction of sp³-hybridized carbons (Fsp3) is 0.400. The highest BCUT2D eigenvalue weighted by Crippen LogP contribution is 2.44. The molecule has 9 nitrogen and oxygen atoms in total. The Balaban J connectivity index is 1.60. The summed E-state index contributed by atoms with van der Waals surface area (Å²) in [6.07, 6.45) is -2.34. The number of methoxy groups -OCH3 is 2. The lowest BCUT2D eigenvalue weighted by Gasteiger charge is -2.24. The van der Waals surface area contributed by atoms with Crippen molar-refractivity contribution in [1.82, 2.24) is 10.6 Å². The van der Waals surface area contributed by atoms with Crippen LogP contribution in [0.2, 0.25) is 0 Å². The predicted molar refractivity (Wildman–Crippen MR) is 125 cm³/mol. The number of rotatable bonds is 11. The summed E-state index contributed by atoms with van der Waals surface area (Å²) in [6.45, 7) is 1.82. The normalized spacial score (nSPS) is 14.9. The topological polar surface area (TPSA) is 123 Å². The maximum Gasteiger partial charge on any atom is 0.407 e. The molecular formula is C25H30N2O7. The minimum absolute atomic E-state index is 0.0585. The van der Waals surface area contributed by atoms with E-state index in [1.807, 2.05) is 48.5 Å². The van der Waals surface area contributed by atoms with Gasteiger partial charge in [-0.1, -0.05) is 48.5 Å². The molecule has 3 atom stereocenters. The van der Waals surface area contributed by atoms with Crippen LogP contribution in [0.15, 0.2) is 48.5 Å². The molecule has 9 heteroatoms. The first-order valence-electron chi connectivity index (χ1n) is 11.0. The number of amides is 2. The monoisotopic (exact) mass is 470 g/mol. The fourth-order valence-electron chi connectivity index (χ4n) is 4.08. The van der Waals surface area contributed by atoms with Gasteiger partial charge in [-0.2, -0.15) is 0 Å². The van der Waals surface area contributed by atoms with Crippen molar-refractivity contribution in [3.8, 4) is 11.1 Å². The Morgan fingerprint density at radius 3 is 2.09 bits per heavy atom.